The summed E-state index contributed by atoms with van der Waals surface area (Å²) < 4.78 is 5.18. The fraction of sp³-hybridized carbons (Fsp3) is 0.867. The summed E-state index contributed by atoms with van der Waals surface area (Å²) >= 11 is 0. The Bertz CT molecular complexity index is 269. The van der Waals surface area contributed by atoms with Gasteiger partial charge in [-0.1, -0.05) is 19.8 Å². The van der Waals surface area contributed by atoms with Crippen molar-refractivity contribution in [3.8, 4) is 0 Å². The standard InChI is InChI=1S/C15H29NO4/c1-3-6-13(8-9-15(18)19)10-11-16-14(17)7-5-12-20-4-2/h13H,3-12H2,1-2H3,(H,16,17)(H,18,19). The maximum absolute atomic E-state index is 11.6. The predicted molar refractivity (Wildman–Crippen MR) is 78.6 cm³/mol. The molecule has 1 unspecified atom stereocenters. The maximum atomic E-state index is 11.6. The van der Waals surface area contributed by atoms with Crippen LogP contribution in [0.2, 0.25) is 0 Å². The molecule has 0 aromatic rings. The van der Waals surface area contributed by atoms with Crippen LogP contribution in [0.5, 0.6) is 0 Å². The minimum atomic E-state index is -0.744. The molecule has 0 aliphatic heterocycles. The lowest BCUT2D eigenvalue weighted by molar-refractivity contribution is -0.137. The number of carbonyl (C=O) groups is 2. The highest BCUT2D eigenvalue weighted by atomic mass is 16.5. The average molecular weight is 287 g/mol. The van der Waals surface area contributed by atoms with Crippen LogP contribution in [0.1, 0.15) is 58.8 Å². The third-order valence-corrected chi connectivity index (χ3v) is 3.23. The first-order valence-corrected chi connectivity index (χ1v) is 7.66. The van der Waals surface area contributed by atoms with E-state index in [2.05, 4.69) is 12.2 Å². The average Bonchev–Trinajstić information content (AvgIpc) is 2.41. The Labute approximate surface area is 122 Å². The molecule has 2 N–H and O–H groups in total. The van der Waals surface area contributed by atoms with E-state index in [1.807, 2.05) is 6.92 Å². The molecule has 0 radical (unpaired) electrons. The van der Waals surface area contributed by atoms with Crippen molar-refractivity contribution in [2.45, 2.75) is 58.8 Å². The Morgan fingerprint density at radius 1 is 1.15 bits per heavy atom. The van der Waals surface area contributed by atoms with Crippen molar-refractivity contribution < 1.29 is 19.4 Å². The number of carboxylic acid groups (broad SMARTS) is 1. The summed E-state index contributed by atoms with van der Waals surface area (Å²) in [4.78, 5) is 22.1. The topological polar surface area (TPSA) is 75.6 Å². The van der Waals surface area contributed by atoms with Gasteiger partial charge in [0, 0.05) is 32.6 Å². The molecule has 0 bridgehead atoms. The largest absolute Gasteiger partial charge is 0.481 e. The fourth-order valence-corrected chi connectivity index (χ4v) is 2.15. The van der Waals surface area contributed by atoms with Crippen LogP contribution in [-0.4, -0.2) is 36.7 Å². The lowest BCUT2D eigenvalue weighted by Gasteiger charge is -2.15. The Morgan fingerprint density at radius 3 is 2.50 bits per heavy atom. The lowest BCUT2D eigenvalue weighted by Crippen LogP contribution is -2.26. The van der Waals surface area contributed by atoms with Crippen molar-refractivity contribution >= 4 is 11.9 Å². The van der Waals surface area contributed by atoms with Crippen molar-refractivity contribution in [3.05, 3.63) is 0 Å². The van der Waals surface area contributed by atoms with Crippen LogP contribution in [0, 0.1) is 5.92 Å². The lowest BCUT2D eigenvalue weighted by atomic mass is 9.94. The van der Waals surface area contributed by atoms with Crippen LogP contribution in [0.25, 0.3) is 0 Å². The maximum Gasteiger partial charge on any atom is 0.303 e. The summed E-state index contributed by atoms with van der Waals surface area (Å²) in [6.07, 6.45) is 5.08. The highest BCUT2D eigenvalue weighted by Crippen LogP contribution is 2.17. The SMILES string of the molecule is CCCC(CCNC(=O)CCCOCC)CCC(=O)O. The Kier molecular flexibility index (Phi) is 12.2. The molecule has 0 heterocycles. The highest BCUT2D eigenvalue weighted by molar-refractivity contribution is 5.75. The van der Waals surface area contributed by atoms with Gasteiger partial charge < -0.3 is 15.2 Å². The third kappa shape index (κ3) is 12.0. The zero-order valence-electron chi connectivity index (χ0n) is 12.8. The normalized spacial score (nSPS) is 12.1. The summed E-state index contributed by atoms with van der Waals surface area (Å²) in [5, 5.41) is 11.6. The van der Waals surface area contributed by atoms with Crippen LogP contribution in [0.15, 0.2) is 0 Å². The zero-order chi connectivity index (χ0) is 15.2. The molecule has 118 valence electrons. The first-order chi connectivity index (χ1) is 9.60. The number of carboxylic acids is 1. The Hall–Kier alpha value is -1.10. The van der Waals surface area contributed by atoms with Crippen LogP contribution in [0.3, 0.4) is 0 Å². The molecule has 20 heavy (non-hydrogen) atoms. The minimum Gasteiger partial charge on any atom is -0.481 e. The van der Waals surface area contributed by atoms with E-state index < -0.39 is 5.97 Å². The first kappa shape index (κ1) is 18.9. The monoisotopic (exact) mass is 287 g/mol. The molecule has 0 aliphatic carbocycles. The van der Waals surface area contributed by atoms with E-state index in [1.165, 1.54) is 0 Å². The minimum absolute atomic E-state index is 0.0539. The van der Waals surface area contributed by atoms with Crippen molar-refractivity contribution in [1.82, 2.24) is 5.32 Å². The van der Waals surface area contributed by atoms with Gasteiger partial charge in [0.1, 0.15) is 0 Å². The highest BCUT2D eigenvalue weighted by Gasteiger charge is 2.10. The molecule has 0 aliphatic rings. The van der Waals surface area contributed by atoms with Crippen molar-refractivity contribution in [2.75, 3.05) is 19.8 Å². The second-order valence-electron chi connectivity index (χ2n) is 5.03. The van der Waals surface area contributed by atoms with Crippen LogP contribution < -0.4 is 5.32 Å². The van der Waals surface area contributed by atoms with Crippen molar-refractivity contribution in [1.29, 1.82) is 0 Å². The molecule has 1 atom stereocenters. The van der Waals surface area contributed by atoms with Gasteiger partial charge in [-0.2, -0.15) is 0 Å². The van der Waals surface area contributed by atoms with Gasteiger partial charge in [-0.25, -0.2) is 0 Å². The molecular weight excluding hydrogens is 258 g/mol. The molecule has 0 aromatic carbocycles. The van der Waals surface area contributed by atoms with Crippen molar-refractivity contribution in [2.24, 2.45) is 5.92 Å². The molecule has 0 fully saturated rings. The summed E-state index contributed by atoms with van der Waals surface area (Å²) in [6.45, 7) is 5.98. The molecule has 5 heteroatoms. The van der Waals surface area contributed by atoms with Gasteiger partial charge in [-0.15, -0.1) is 0 Å². The zero-order valence-corrected chi connectivity index (χ0v) is 12.8. The van der Waals surface area contributed by atoms with Gasteiger partial charge in [0.15, 0.2) is 0 Å². The van der Waals surface area contributed by atoms with Crippen molar-refractivity contribution in [3.63, 3.8) is 0 Å². The molecule has 0 aromatic heterocycles. The van der Waals surface area contributed by atoms with E-state index >= 15 is 0 Å². The first-order valence-electron chi connectivity index (χ1n) is 7.66. The number of ether oxygens (including phenoxy) is 1. The number of amides is 1. The van der Waals surface area contributed by atoms with Crippen LogP contribution >= 0.6 is 0 Å². The van der Waals surface area contributed by atoms with Gasteiger partial charge >= 0.3 is 5.97 Å². The number of rotatable bonds is 13. The summed E-state index contributed by atoms with van der Waals surface area (Å²) in [5.74, 6) is -0.302. The van der Waals surface area contributed by atoms with Gasteiger partial charge in [0.05, 0.1) is 0 Å². The quantitative estimate of drug-likeness (QED) is 0.511. The van der Waals surface area contributed by atoms with Gasteiger partial charge in [-0.3, -0.25) is 9.59 Å². The van der Waals surface area contributed by atoms with E-state index in [9.17, 15) is 9.59 Å². The molecule has 5 nitrogen and oxygen atoms in total. The molecule has 0 saturated heterocycles. The molecule has 0 spiro atoms. The smallest absolute Gasteiger partial charge is 0.303 e. The summed E-state index contributed by atoms with van der Waals surface area (Å²) in [7, 11) is 0. The Morgan fingerprint density at radius 2 is 1.90 bits per heavy atom. The molecule has 1 amide bonds. The van der Waals surface area contributed by atoms with Gasteiger partial charge in [0.25, 0.3) is 0 Å². The number of carbonyl (C=O) groups excluding carboxylic acids is 1. The number of nitrogens with one attached hydrogen (secondary N) is 1. The second kappa shape index (κ2) is 12.9. The molecule has 0 saturated carbocycles. The number of hydrogen-bond acceptors (Lipinski definition) is 3. The molecule has 0 rings (SSSR count). The summed E-state index contributed by atoms with van der Waals surface area (Å²) in [5.41, 5.74) is 0. The van der Waals surface area contributed by atoms with Crippen LogP contribution in [-0.2, 0) is 14.3 Å². The van der Waals surface area contributed by atoms with Gasteiger partial charge in [-0.05, 0) is 32.1 Å². The third-order valence-electron chi connectivity index (χ3n) is 3.23. The predicted octanol–water partition coefficient (Wildman–Crippen LogP) is 2.59. The van der Waals surface area contributed by atoms with E-state index in [0.29, 0.717) is 38.5 Å². The molecular formula is C15H29NO4. The fourth-order valence-electron chi connectivity index (χ4n) is 2.15. The van der Waals surface area contributed by atoms with E-state index in [4.69, 9.17) is 9.84 Å². The summed E-state index contributed by atoms with van der Waals surface area (Å²) in [6, 6.07) is 0. The Balaban J connectivity index is 3.69. The number of hydrogen-bond donors (Lipinski definition) is 2. The van der Waals surface area contributed by atoms with E-state index in [0.717, 1.165) is 25.7 Å². The van der Waals surface area contributed by atoms with E-state index in [-0.39, 0.29) is 12.3 Å². The van der Waals surface area contributed by atoms with Gasteiger partial charge in [0.2, 0.25) is 5.91 Å². The second-order valence-corrected chi connectivity index (χ2v) is 5.03. The van der Waals surface area contributed by atoms with E-state index in [1.54, 1.807) is 0 Å². The number of aliphatic carboxylic acids is 1. The van der Waals surface area contributed by atoms with Crippen LogP contribution in [0.4, 0.5) is 0 Å².